The first-order valence-corrected chi connectivity index (χ1v) is 6.12. The van der Waals surface area contributed by atoms with Crippen molar-refractivity contribution in [3.8, 4) is 0 Å². The lowest BCUT2D eigenvalue weighted by molar-refractivity contribution is 0.328. The molecular weight excluding hydrogens is 210 g/mol. The number of nitrogens with two attached hydrogens (primary N) is 1. The topological polar surface area (TPSA) is 42.1 Å². The van der Waals surface area contributed by atoms with Gasteiger partial charge < -0.3 is 5.73 Å². The highest BCUT2D eigenvalue weighted by atomic mass is 15.2. The average Bonchev–Trinajstić information content (AvgIpc) is 2.75. The van der Waals surface area contributed by atoms with Gasteiger partial charge in [-0.1, -0.05) is 24.3 Å². The summed E-state index contributed by atoms with van der Waals surface area (Å²) in [5, 5.41) is 2.52. The Hall–Kier alpha value is -1.45. The zero-order valence-electron chi connectivity index (χ0n) is 9.84. The lowest BCUT2D eigenvalue weighted by Gasteiger charge is -2.16. The highest BCUT2D eigenvalue weighted by molar-refractivity contribution is 5.84. The van der Waals surface area contributed by atoms with Crippen LogP contribution in [-0.4, -0.2) is 29.0 Å². The largest absolute Gasteiger partial charge is 0.326 e. The molecule has 1 aromatic carbocycles. The van der Waals surface area contributed by atoms with Crippen molar-refractivity contribution >= 4 is 10.8 Å². The van der Waals surface area contributed by atoms with Gasteiger partial charge in [-0.25, -0.2) is 0 Å². The third-order valence-corrected chi connectivity index (χ3v) is 3.45. The van der Waals surface area contributed by atoms with Gasteiger partial charge in [-0.05, 0) is 17.4 Å². The minimum Gasteiger partial charge on any atom is -0.326 e. The zero-order valence-corrected chi connectivity index (χ0v) is 9.84. The molecule has 1 fully saturated rings. The van der Waals surface area contributed by atoms with Gasteiger partial charge in [-0.15, -0.1) is 0 Å². The normalized spacial score (nSPS) is 21.1. The molecule has 0 aliphatic carbocycles. The number of rotatable bonds is 2. The molecular formula is C14H17N3. The summed E-state index contributed by atoms with van der Waals surface area (Å²) in [6.45, 7) is 3.07. The number of nitrogens with zero attached hydrogens (tertiary/aromatic N) is 2. The molecule has 2 heterocycles. The number of benzene rings is 1. The van der Waals surface area contributed by atoms with Crippen molar-refractivity contribution in [3.63, 3.8) is 0 Å². The number of pyridine rings is 1. The first-order valence-electron chi connectivity index (χ1n) is 6.12. The fourth-order valence-electron chi connectivity index (χ4n) is 2.55. The minimum atomic E-state index is 0.345. The zero-order chi connectivity index (χ0) is 11.7. The Balaban J connectivity index is 1.90. The van der Waals surface area contributed by atoms with E-state index in [1.54, 1.807) is 0 Å². The molecule has 0 amide bonds. The van der Waals surface area contributed by atoms with Crippen LogP contribution < -0.4 is 5.73 Å². The van der Waals surface area contributed by atoms with Crippen LogP contribution in [0, 0.1) is 0 Å². The van der Waals surface area contributed by atoms with E-state index in [1.165, 1.54) is 16.3 Å². The van der Waals surface area contributed by atoms with Crippen LogP contribution in [0.3, 0.4) is 0 Å². The summed E-state index contributed by atoms with van der Waals surface area (Å²) in [5.41, 5.74) is 7.24. The van der Waals surface area contributed by atoms with Gasteiger partial charge in [-0.3, -0.25) is 9.88 Å². The molecule has 2 N–H and O–H groups in total. The van der Waals surface area contributed by atoms with E-state index in [0.29, 0.717) is 6.04 Å². The van der Waals surface area contributed by atoms with Gasteiger partial charge in [0.05, 0.1) is 0 Å². The Kier molecular flexibility index (Phi) is 2.79. The second-order valence-corrected chi connectivity index (χ2v) is 4.80. The summed E-state index contributed by atoms with van der Waals surface area (Å²) in [4.78, 5) is 6.73. The molecule has 88 valence electrons. The van der Waals surface area contributed by atoms with Crippen molar-refractivity contribution in [2.45, 2.75) is 19.0 Å². The van der Waals surface area contributed by atoms with Crippen molar-refractivity contribution in [1.82, 2.24) is 9.88 Å². The van der Waals surface area contributed by atoms with E-state index in [4.69, 9.17) is 5.73 Å². The first kappa shape index (κ1) is 10.7. The predicted molar refractivity (Wildman–Crippen MR) is 69.6 cm³/mol. The van der Waals surface area contributed by atoms with E-state index in [-0.39, 0.29) is 0 Å². The van der Waals surface area contributed by atoms with Gasteiger partial charge in [0.2, 0.25) is 0 Å². The molecule has 1 aliphatic heterocycles. The minimum absolute atomic E-state index is 0.345. The maximum atomic E-state index is 5.93. The van der Waals surface area contributed by atoms with Crippen LogP contribution in [0.5, 0.6) is 0 Å². The van der Waals surface area contributed by atoms with Gasteiger partial charge >= 0.3 is 0 Å². The predicted octanol–water partition coefficient (Wildman–Crippen LogP) is 1.77. The molecule has 0 radical (unpaired) electrons. The first-order chi connectivity index (χ1) is 8.33. The Morgan fingerprint density at radius 2 is 2.18 bits per heavy atom. The summed E-state index contributed by atoms with van der Waals surface area (Å²) in [5.74, 6) is 0. The van der Waals surface area contributed by atoms with Gasteiger partial charge in [0.1, 0.15) is 0 Å². The van der Waals surface area contributed by atoms with Crippen molar-refractivity contribution in [2.24, 2.45) is 5.73 Å². The Morgan fingerprint density at radius 1 is 1.29 bits per heavy atom. The Morgan fingerprint density at radius 3 is 3.00 bits per heavy atom. The standard InChI is InChI=1S/C14H17N3/c15-13-5-6-17(10-13)9-12-8-16-7-11-3-1-2-4-14(11)12/h1-4,7-8,13H,5-6,9-10,15H2. The average molecular weight is 227 g/mol. The highest BCUT2D eigenvalue weighted by Crippen LogP contribution is 2.20. The van der Waals surface area contributed by atoms with E-state index in [2.05, 4.69) is 34.1 Å². The molecule has 3 heteroatoms. The second kappa shape index (κ2) is 4.43. The number of hydrogen-bond acceptors (Lipinski definition) is 3. The van der Waals surface area contributed by atoms with Crippen LogP contribution in [0.2, 0.25) is 0 Å². The molecule has 0 saturated carbocycles. The monoisotopic (exact) mass is 227 g/mol. The van der Waals surface area contributed by atoms with Gasteiger partial charge in [0.25, 0.3) is 0 Å². The van der Waals surface area contributed by atoms with Gasteiger partial charge in [0.15, 0.2) is 0 Å². The fourth-order valence-corrected chi connectivity index (χ4v) is 2.55. The molecule has 0 bridgehead atoms. The Bertz CT molecular complexity index is 518. The van der Waals surface area contributed by atoms with E-state index < -0.39 is 0 Å². The van der Waals surface area contributed by atoms with Crippen molar-refractivity contribution in [3.05, 3.63) is 42.2 Å². The number of hydrogen-bond donors (Lipinski definition) is 1. The molecule has 2 aromatic rings. The highest BCUT2D eigenvalue weighted by Gasteiger charge is 2.19. The van der Waals surface area contributed by atoms with E-state index in [0.717, 1.165) is 26.1 Å². The fraction of sp³-hybridized carbons (Fsp3) is 0.357. The Labute approximate surface area is 101 Å². The lowest BCUT2D eigenvalue weighted by Crippen LogP contribution is -2.26. The molecule has 3 nitrogen and oxygen atoms in total. The van der Waals surface area contributed by atoms with E-state index in [9.17, 15) is 0 Å². The number of aromatic nitrogens is 1. The van der Waals surface area contributed by atoms with Crippen LogP contribution in [0.4, 0.5) is 0 Å². The molecule has 1 aromatic heterocycles. The molecule has 1 atom stereocenters. The smallest absolute Gasteiger partial charge is 0.0346 e. The van der Waals surface area contributed by atoms with Gasteiger partial charge in [-0.2, -0.15) is 0 Å². The molecule has 3 rings (SSSR count). The molecule has 0 spiro atoms. The molecule has 17 heavy (non-hydrogen) atoms. The van der Waals surface area contributed by atoms with Crippen LogP contribution >= 0.6 is 0 Å². The van der Waals surface area contributed by atoms with E-state index in [1.807, 2.05) is 12.4 Å². The van der Waals surface area contributed by atoms with Crippen molar-refractivity contribution in [1.29, 1.82) is 0 Å². The maximum absolute atomic E-state index is 5.93. The van der Waals surface area contributed by atoms with Crippen molar-refractivity contribution < 1.29 is 0 Å². The molecule has 1 aliphatic rings. The van der Waals surface area contributed by atoms with Crippen LogP contribution in [0.25, 0.3) is 10.8 Å². The third-order valence-electron chi connectivity index (χ3n) is 3.45. The lowest BCUT2D eigenvalue weighted by atomic mass is 10.1. The van der Waals surface area contributed by atoms with Gasteiger partial charge in [0, 0.05) is 43.5 Å². The summed E-state index contributed by atoms with van der Waals surface area (Å²) in [6, 6.07) is 8.77. The van der Waals surface area contributed by atoms with Crippen molar-refractivity contribution in [2.75, 3.05) is 13.1 Å². The summed E-state index contributed by atoms with van der Waals surface area (Å²) in [6.07, 6.45) is 5.01. The number of fused-ring (bicyclic) bond motifs is 1. The molecule has 1 saturated heterocycles. The molecule has 1 unspecified atom stereocenters. The number of likely N-dealkylation sites (tertiary alicyclic amines) is 1. The van der Waals surface area contributed by atoms with E-state index >= 15 is 0 Å². The summed E-state index contributed by atoms with van der Waals surface area (Å²) < 4.78 is 0. The summed E-state index contributed by atoms with van der Waals surface area (Å²) in [7, 11) is 0. The van der Waals surface area contributed by atoms with Crippen LogP contribution in [0.15, 0.2) is 36.7 Å². The van der Waals surface area contributed by atoms with Crippen LogP contribution in [-0.2, 0) is 6.54 Å². The third kappa shape index (κ3) is 2.16. The second-order valence-electron chi connectivity index (χ2n) is 4.80. The summed E-state index contributed by atoms with van der Waals surface area (Å²) >= 11 is 0. The SMILES string of the molecule is NC1CCN(Cc2cncc3ccccc23)C1. The van der Waals surface area contributed by atoms with Crippen LogP contribution in [0.1, 0.15) is 12.0 Å². The quantitative estimate of drug-likeness (QED) is 0.850. The maximum Gasteiger partial charge on any atom is 0.0346 e.